The Hall–Kier alpha value is -5.71. The Morgan fingerprint density at radius 1 is 0.590 bits per heavy atom. The van der Waals surface area contributed by atoms with Gasteiger partial charge in [0, 0.05) is 24.2 Å². The van der Waals surface area contributed by atoms with E-state index in [1.165, 1.54) is 12.1 Å². The van der Waals surface area contributed by atoms with Crippen LogP contribution in [0.4, 0.5) is 8.78 Å². The van der Waals surface area contributed by atoms with E-state index in [9.17, 15) is 38.8 Å². The van der Waals surface area contributed by atoms with Gasteiger partial charge >= 0.3 is 22.3 Å². The summed E-state index contributed by atoms with van der Waals surface area (Å²) in [5, 5.41) is 46.6. The van der Waals surface area contributed by atoms with Crippen molar-refractivity contribution < 1.29 is 71.3 Å². The summed E-state index contributed by atoms with van der Waals surface area (Å²) >= 11 is 11.5. The molecule has 0 fully saturated rings. The van der Waals surface area contributed by atoms with E-state index >= 15 is 0 Å². The van der Waals surface area contributed by atoms with Crippen LogP contribution in [0.3, 0.4) is 0 Å². The molecular weight excluding hydrogens is 1070 g/mol. The van der Waals surface area contributed by atoms with Gasteiger partial charge in [-0.1, -0.05) is 108 Å². The number of β-amino-alcohol motifs (C(OH)–C–C–N with tert-alkyl or cyclic N) is 2. The molecule has 0 radical (unpaired) electrons. The van der Waals surface area contributed by atoms with Crippen LogP contribution in [0, 0.1) is 25.5 Å². The van der Waals surface area contributed by atoms with Gasteiger partial charge in [-0.15, -0.1) is 0 Å². The average molecular weight is 1140 g/mol. The van der Waals surface area contributed by atoms with Crippen LogP contribution in [0.5, 0.6) is 0 Å². The van der Waals surface area contributed by atoms with Crippen LogP contribution in [0.2, 0.25) is 10.0 Å². The van der Waals surface area contributed by atoms with Gasteiger partial charge in [-0.2, -0.15) is 8.42 Å². The van der Waals surface area contributed by atoms with E-state index in [0.717, 1.165) is 44.5 Å². The summed E-state index contributed by atoms with van der Waals surface area (Å²) in [7, 11) is -4.67. The predicted octanol–water partition coefficient (Wildman–Crippen LogP) is 10.9. The lowest BCUT2D eigenvalue weighted by Crippen LogP contribution is -2.46. The Morgan fingerprint density at radius 3 is 1.23 bits per heavy atom. The van der Waals surface area contributed by atoms with Gasteiger partial charge in [0.1, 0.15) is 11.6 Å². The lowest BCUT2D eigenvalue weighted by atomic mass is 9.94. The molecule has 0 aromatic heterocycles. The summed E-state index contributed by atoms with van der Waals surface area (Å²) in [6, 6.07) is 35.7. The highest BCUT2D eigenvalue weighted by Crippen LogP contribution is 2.33. The number of aliphatic hydroxyl groups excluding tert-OH is 2. The van der Waals surface area contributed by atoms with Crippen molar-refractivity contribution in [3.63, 3.8) is 0 Å². The van der Waals surface area contributed by atoms with Gasteiger partial charge in [0.2, 0.25) is 0 Å². The number of carboxylic acid groups (broad SMARTS) is 2. The van der Waals surface area contributed by atoms with Crippen LogP contribution < -0.4 is 10.6 Å². The van der Waals surface area contributed by atoms with Crippen LogP contribution in [0.1, 0.15) is 108 Å². The van der Waals surface area contributed by atoms with Crippen molar-refractivity contribution in [1.29, 1.82) is 0 Å². The lowest BCUT2D eigenvalue weighted by Gasteiger charge is -2.28. The zero-order chi connectivity index (χ0) is 57.4. The molecule has 78 heavy (non-hydrogen) atoms. The standard InChI is InChI=1S/2C29H33ClFNO4.H2O4S.H2O/c2*1-18-13-21(10-11-23(18)28(34)35)25-8-6-5-7-24(25)19(2)36-17-22(33)16-32-29(3,4)15-20-9-12-26(30)27(31)14-20;1-5(2,3)4;/h2*5-14,19,22,32-33H,15-17H2,1-4H3,(H,34,35);(H2,1,2,3,4);1H2/t2*19-,22-;;/m11../s1. The third-order valence-corrected chi connectivity index (χ3v) is 12.9. The van der Waals surface area contributed by atoms with E-state index in [1.807, 2.05) is 102 Å². The SMILES string of the molecule is Cc1cc(-c2ccccc2[C@@H](C)OC[C@H](O)CNC(C)(C)Cc2ccc(Cl)c(F)c2)ccc1C(=O)O.Cc1cc(-c2ccccc2[C@@H](C)OC[C@H](O)CNC(C)(C)Cc2ccc(Cl)c(F)c2)ccc1C(=O)O.O.O=S(=O)(O)O. The second kappa shape index (κ2) is 30.0. The smallest absolute Gasteiger partial charge is 0.394 e. The lowest BCUT2D eigenvalue weighted by molar-refractivity contribution is -0.00397. The molecule has 6 aromatic rings. The molecule has 6 rings (SSSR count). The van der Waals surface area contributed by atoms with E-state index < -0.39 is 46.2 Å². The van der Waals surface area contributed by atoms with Gasteiger partial charge < -0.3 is 46.0 Å². The number of carbonyl (C=O) groups is 2. The third-order valence-electron chi connectivity index (χ3n) is 12.3. The fourth-order valence-corrected chi connectivity index (χ4v) is 8.65. The number of aryl methyl sites for hydroxylation is 2. The van der Waals surface area contributed by atoms with Crippen LogP contribution in [0.15, 0.2) is 121 Å². The highest BCUT2D eigenvalue weighted by Gasteiger charge is 2.24. The predicted molar refractivity (Wildman–Crippen MR) is 300 cm³/mol. The van der Waals surface area contributed by atoms with E-state index in [1.54, 1.807) is 62.4 Å². The van der Waals surface area contributed by atoms with Crippen LogP contribution >= 0.6 is 23.2 Å². The molecule has 424 valence electrons. The van der Waals surface area contributed by atoms with E-state index in [-0.39, 0.29) is 63.1 Å². The number of hydrogen-bond donors (Lipinski definition) is 8. The summed E-state index contributed by atoms with van der Waals surface area (Å²) in [6.07, 6.45) is -0.923. The first-order chi connectivity index (χ1) is 35.9. The van der Waals surface area contributed by atoms with Gasteiger partial charge in [0.05, 0.1) is 58.8 Å². The van der Waals surface area contributed by atoms with Crippen molar-refractivity contribution in [2.45, 2.75) is 104 Å². The highest BCUT2D eigenvalue weighted by molar-refractivity contribution is 7.79. The van der Waals surface area contributed by atoms with Gasteiger partial charge in [0.15, 0.2) is 0 Å². The fraction of sp³-hybridized carbons (Fsp3) is 0.345. The maximum absolute atomic E-state index is 13.8. The molecule has 4 atom stereocenters. The Labute approximate surface area is 465 Å². The Kier molecular flexibility index (Phi) is 25.6. The van der Waals surface area contributed by atoms with E-state index in [4.69, 9.17) is 50.2 Å². The maximum atomic E-state index is 13.8. The second-order valence-electron chi connectivity index (χ2n) is 19.9. The van der Waals surface area contributed by atoms with Crippen molar-refractivity contribution in [3.8, 4) is 22.3 Å². The number of aliphatic hydroxyl groups is 2. The van der Waals surface area contributed by atoms with E-state index in [2.05, 4.69) is 10.6 Å². The molecule has 0 aliphatic rings. The summed E-state index contributed by atoms with van der Waals surface area (Å²) in [5.41, 5.74) is 8.44. The van der Waals surface area contributed by atoms with Gasteiger partial charge in [-0.25, -0.2) is 18.4 Å². The zero-order valence-corrected chi connectivity index (χ0v) is 47.0. The summed E-state index contributed by atoms with van der Waals surface area (Å²) < 4.78 is 71.1. The molecule has 0 heterocycles. The molecule has 10 N–H and O–H groups in total. The Balaban J connectivity index is 0.000000373. The van der Waals surface area contributed by atoms with Crippen LogP contribution in [-0.2, 0) is 32.7 Å². The molecule has 0 amide bonds. The van der Waals surface area contributed by atoms with Crippen LogP contribution in [-0.4, -0.2) is 105 Å². The second-order valence-corrected chi connectivity index (χ2v) is 21.6. The average Bonchev–Trinajstić information content (AvgIpc) is 3.35. The largest absolute Gasteiger partial charge is 0.478 e. The molecule has 20 heteroatoms. The molecular formula is C58H70Cl2F2N2O13S. The molecule has 0 saturated carbocycles. The Morgan fingerprint density at radius 2 is 0.923 bits per heavy atom. The zero-order valence-electron chi connectivity index (χ0n) is 44.7. The third kappa shape index (κ3) is 21.8. The molecule has 0 bridgehead atoms. The molecule has 0 unspecified atom stereocenters. The van der Waals surface area contributed by atoms with Crippen LogP contribution in [0.25, 0.3) is 22.3 Å². The van der Waals surface area contributed by atoms with Crippen molar-refractivity contribution in [1.82, 2.24) is 10.6 Å². The number of carboxylic acids is 2. The summed E-state index contributed by atoms with van der Waals surface area (Å²) in [5.74, 6) is -2.79. The van der Waals surface area contributed by atoms with Crippen molar-refractivity contribution in [2.24, 2.45) is 0 Å². The minimum Gasteiger partial charge on any atom is -0.478 e. The van der Waals surface area contributed by atoms with Gasteiger partial charge in [-0.05, 0) is 160 Å². The van der Waals surface area contributed by atoms with Crippen molar-refractivity contribution in [3.05, 3.63) is 188 Å². The first-order valence-corrected chi connectivity index (χ1v) is 26.6. The minimum absolute atomic E-state index is 0. The first kappa shape index (κ1) is 66.6. The number of halogens is 4. The fourth-order valence-electron chi connectivity index (χ4n) is 8.41. The van der Waals surface area contributed by atoms with Crippen molar-refractivity contribution >= 4 is 45.5 Å². The maximum Gasteiger partial charge on any atom is 0.394 e. The molecule has 0 aliphatic carbocycles. The van der Waals surface area contributed by atoms with Gasteiger partial charge in [0.25, 0.3) is 0 Å². The normalized spacial score (nSPS) is 13.1. The number of ether oxygens (including phenoxy) is 2. The van der Waals surface area contributed by atoms with Crippen molar-refractivity contribution in [2.75, 3.05) is 26.3 Å². The molecule has 0 saturated heterocycles. The summed E-state index contributed by atoms with van der Waals surface area (Å²) in [6.45, 7) is 16.3. The van der Waals surface area contributed by atoms with Gasteiger partial charge in [-0.3, -0.25) is 9.11 Å². The highest BCUT2D eigenvalue weighted by atomic mass is 35.5. The van der Waals surface area contributed by atoms with E-state index in [0.29, 0.717) is 37.1 Å². The number of benzene rings is 6. The number of nitrogens with one attached hydrogen (secondary N) is 2. The molecule has 0 spiro atoms. The first-order valence-electron chi connectivity index (χ1n) is 24.5. The minimum atomic E-state index is -4.67. The Bertz CT molecular complexity index is 2880. The number of hydrogen-bond acceptors (Lipinski definition) is 10. The molecule has 6 aromatic carbocycles. The summed E-state index contributed by atoms with van der Waals surface area (Å²) in [4.78, 5) is 22.7. The number of aromatic carboxylic acids is 2. The molecule has 0 aliphatic heterocycles. The quantitative estimate of drug-likeness (QED) is 0.0294. The monoisotopic (exact) mass is 1140 g/mol. The topological polar surface area (TPSA) is 264 Å². The number of rotatable bonds is 22. The molecule has 15 nitrogen and oxygen atoms in total.